The zero-order valence-electron chi connectivity index (χ0n) is 12.9. The number of urea groups is 1. The molecule has 0 aliphatic carbocycles. The molecule has 0 radical (unpaired) electrons. The monoisotopic (exact) mass is 312 g/mol. The third-order valence-corrected chi connectivity index (χ3v) is 3.82. The average molecular weight is 312 g/mol. The van der Waals surface area contributed by atoms with Crippen molar-refractivity contribution in [2.24, 2.45) is 0 Å². The minimum Gasteiger partial charge on any atom is -0.352 e. The number of amides is 2. The van der Waals surface area contributed by atoms with E-state index in [2.05, 4.69) is 25.2 Å². The lowest BCUT2D eigenvalue weighted by atomic mass is 10.3. The van der Waals surface area contributed by atoms with Gasteiger partial charge in [-0.25, -0.2) is 9.78 Å². The fourth-order valence-corrected chi connectivity index (χ4v) is 2.55. The maximum Gasteiger partial charge on any atom is 0.317 e. The standard InChI is InChI=1S/C16H20N6O/c23-16(20-6-4-14-3-1-2-5-18-14)22-11-9-21(10-12-22)15-13-17-7-8-19-15/h1-3,5,7-8,13H,4,6,9-12H2,(H,20,23). The number of nitrogens with zero attached hydrogens (tertiary/aromatic N) is 5. The maximum atomic E-state index is 12.2. The smallest absolute Gasteiger partial charge is 0.317 e. The van der Waals surface area contributed by atoms with Crippen LogP contribution in [0.3, 0.4) is 0 Å². The van der Waals surface area contributed by atoms with Crippen LogP contribution in [0.1, 0.15) is 5.69 Å². The minimum atomic E-state index is -0.0141. The van der Waals surface area contributed by atoms with Gasteiger partial charge in [0.05, 0.1) is 6.20 Å². The fraction of sp³-hybridized carbons (Fsp3) is 0.375. The molecule has 120 valence electrons. The fourth-order valence-electron chi connectivity index (χ4n) is 2.55. The maximum absolute atomic E-state index is 12.2. The van der Waals surface area contributed by atoms with Crippen molar-refractivity contribution in [3.63, 3.8) is 0 Å². The van der Waals surface area contributed by atoms with Crippen LogP contribution in [0.4, 0.5) is 10.6 Å². The SMILES string of the molecule is O=C(NCCc1ccccn1)N1CCN(c2cnccn2)CC1. The molecule has 7 heteroatoms. The molecule has 1 N–H and O–H groups in total. The van der Waals surface area contributed by atoms with Gasteiger partial charge in [-0.05, 0) is 12.1 Å². The second kappa shape index (κ2) is 7.53. The van der Waals surface area contributed by atoms with Gasteiger partial charge >= 0.3 is 6.03 Å². The molecule has 0 saturated carbocycles. The van der Waals surface area contributed by atoms with E-state index in [1.165, 1.54) is 0 Å². The molecule has 2 aromatic heterocycles. The van der Waals surface area contributed by atoms with Crippen molar-refractivity contribution >= 4 is 11.8 Å². The molecule has 1 aliphatic rings. The zero-order chi connectivity index (χ0) is 15.9. The Balaban J connectivity index is 1.41. The summed E-state index contributed by atoms with van der Waals surface area (Å²) in [6.07, 6.45) is 7.61. The summed E-state index contributed by atoms with van der Waals surface area (Å²) in [4.78, 5) is 28.8. The topological polar surface area (TPSA) is 74.2 Å². The number of piperazine rings is 1. The van der Waals surface area contributed by atoms with Crippen LogP contribution in [0.2, 0.25) is 0 Å². The number of hydrogen-bond acceptors (Lipinski definition) is 5. The predicted molar refractivity (Wildman–Crippen MR) is 87.2 cm³/mol. The molecule has 1 fully saturated rings. The van der Waals surface area contributed by atoms with Gasteiger partial charge in [-0.3, -0.25) is 9.97 Å². The molecule has 2 amide bonds. The highest BCUT2D eigenvalue weighted by Crippen LogP contribution is 2.11. The summed E-state index contributed by atoms with van der Waals surface area (Å²) in [5.74, 6) is 0.864. The average Bonchev–Trinajstić information content (AvgIpc) is 2.63. The van der Waals surface area contributed by atoms with Gasteiger partial charge in [0.25, 0.3) is 0 Å². The summed E-state index contributed by atoms with van der Waals surface area (Å²) in [5.41, 5.74) is 0.986. The number of rotatable bonds is 4. The van der Waals surface area contributed by atoms with Gasteiger partial charge in [0.1, 0.15) is 5.82 Å². The Labute approximate surface area is 135 Å². The molecule has 0 spiro atoms. The Hall–Kier alpha value is -2.70. The van der Waals surface area contributed by atoms with Gasteiger partial charge < -0.3 is 15.1 Å². The molecule has 3 rings (SSSR count). The molecule has 7 nitrogen and oxygen atoms in total. The Morgan fingerprint density at radius 1 is 1.09 bits per heavy atom. The first-order valence-electron chi connectivity index (χ1n) is 7.76. The lowest BCUT2D eigenvalue weighted by Gasteiger charge is -2.35. The van der Waals surface area contributed by atoms with Crippen LogP contribution in [-0.4, -0.2) is 58.6 Å². The van der Waals surface area contributed by atoms with E-state index in [9.17, 15) is 4.79 Å². The molecule has 23 heavy (non-hydrogen) atoms. The van der Waals surface area contributed by atoms with Crippen LogP contribution >= 0.6 is 0 Å². The molecule has 3 heterocycles. The Morgan fingerprint density at radius 3 is 2.65 bits per heavy atom. The summed E-state index contributed by atoms with van der Waals surface area (Å²) in [6.45, 7) is 3.51. The first-order chi connectivity index (χ1) is 11.3. The summed E-state index contributed by atoms with van der Waals surface area (Å²) < 4.78 is 0. The normalized spacial score (nSPS) is 14.6. The Bertz CT molecular complexity index is 613. The van der Waals surface area contributed by atoms with E-state index < -0.39 is 0 Å². The highest BCUT2D eigenvalue weighted by molar-refractivity contribution is 5.74. The van der Waals surface area contributed by atoms with Crippen molar-refractivity contribution in [2.45, 2.75) is 6.42 Å². The summed E-state index contributed by atoms with van der Waals surface area (Å²) in [7, 11) is 0. The van der Waals surface area contributed by atoms with Gasteiger partial charge in [0.2, 0.25) is 0 Å². The number of nitrogens with one attached hydrogen (secondary N) is 1. The van der Waals surface area contributed by atoms with E-state index in [1.807, 2.05) is 23.1 Å². The van der Waals surface area contributed by atoms with Crippen molar-refractivity contribution < 1.29 is 4.79 Å². The van der Waals surface area contributed by atoms with Gasteiger partial charge in [0.15, 0.2) is 0 Å². The molecular formula is C16H20N6O. The molecule has 0 atom stereocenters. The highest BCUT2D eigenvalue weighted by Gasteiger charge is 2.21. The van der Waals surface area contributed by atoms with E-state index in [4.69, 9.17) is 0 Å². The van der Waals surface area contributed by atoms with Crippen molar-refractivity contribution in [3.8, 4) is 0 Å². The van der Waals surface area contributed by atoms with Crippen LogP contribution in [-0.2, 0) is 6.42 Å². The number of carbonyl (C=O) groups is 1. The third-order valence-electron chi connectivity index (χ3n) is 3.82. The van der Waals surface area contributed by atoms with Gasteiger partial charge in [-0.2, -0.15) is 0 Å². The predicted octanol–water partition coefficient (Wildman–Crippen LogP) is 0.946. The first kappa shape index (κ1) is 15.2. The molecule has 0 aromatic carbocycles. The van der Waals surface area contributed by atoms with Crippen LogP contribution in [0, 0.1) is 0 Å². The van der Waals surface area contributed by atoms with E-state index >= 15 is 0 Å². The Kier molecular flexibility index (Phi) is 4.98. The van der Waals surface area contributed by atoms with Crippen molar-refractivity contribution in [2.75, 3.05) is 37.6 Å². The zero-order valence-corrected chi connectivity index (χ0v) is 12.9. The molecule has 0 unspecified atom stereocenters. The summed E-state index contributed by atoms with van der Waals surface area (Å²) >= 11 is 0. The number of carbonyl (C=O) groups excluding carboxylic acids is 1. The van der Waals surface area contributed by atoms with E-state index in [0.717, 1.165) is 31.0 Å². The van der Waals surface area contributed by atoms with Crippen LogP contribution in [0.25, 0.3) is 0 Å². The van der Waals surface area contributed by atoms with Crippen molar-refractivity contribution in [1.82, 2.24) is 25.2 Å². The summed E-state index contributed by atoms with van der Waals surface area (Å²) in [6, 6.07) is 5.79. The van der Waals surface area contributed by atoms with Crippen LogP contribution in [0.5, 0.6) is 0 Å². The molecular weight excluding hydrogens is 292 g/mol. The quantitative estimate of drug-likeness (QED) is 0.910. The second-order valence-electron chi connectivity index (χ2n) is 5.34. The third kappa shape index (κ3) is 4.15. The second-order valence-corrected chi connectivity index (χ2v) is 5.34. The van der Waals surface area contributed by atoms with Gasteiger partial charge in [-0.15, -0.1) is 0 Å². The number of aromatic nitrogens is 3. The van der Waals surface area contributed by atoms with Gasteiger partial charge in [-0.1, -0.05) is 6.07 Å². The Morgan fingerprint density at radius 2 is 1.96 bits per heavy atom. The van der Waals surface area contributed by atoms with Crippen molar-refractivity contribution in [3.05, 3.63) is 48.7 Å². The van der Waals surface area contributed by atoms with Crippen molar-refractivity contribution in [1.29, 1.82) is 0 Å². The number of pyridine rings is 1. The first-order valence-corrected chi connectivity index (χ1v) is 7.76. The lowest BCUT2D eigenvalue weighted by molar-refractivity contribution is 0.194. The van der Waals surface area contributed by atoms with Crippen LogP contribution < -0.4 is 10.2 Å². The molecule has 0 bridgehead atoms. The van der Waals surface area contributed by atoms with E-state index in [0.29, 0.717) is 19.6 Å². The largest absolute Gasteiger partial charge is 0.352 e. The highest BCUT2D eigenvalue weighted by atomic mass is 16.2. The van der Waals surface area contributed by atoms with Gasteiger partial charge in [0, 0.05) is 63.4 Å². The number of anilines is 1. The molecule has 1 saturated heterocycles. The minimum absolute atomic E-state index is 0.0141. The molecule has 1 aliphatic heterocycles. The van der Waals surface area contributed by atoms with Crippen LogP contribution in [0.15, 0.2) is 43.0 Å². The molecule has 2 aromatic rings. The summed E-state index contributed by atoms with van der Waals surface area (Å²) in [5, 5.41) is 2.96. The van der Waals surface area contributed by atoms with E-state index in [-0.39, 0.29) is 6.03 Å². The van der Waals surface area contributed by atoms with E-state index in [1.54, 1.807) is 24.8 Å². The number of hydrogen-bond donors (Lipinski definition) is 1. The lowest BCUT2D eigenvalue weighted by Crippen LogP contribution is -2.52.